The Balaban J connectivity index is 0.942. The highest BCUT2D eigenvalue weighted by Gasteiger charge is 2.17. The smallest absolute Gasteiger partial charge is 0.135 e. The Morgan fingerprint density at radius 3 is 1.93 bits per heavy atom. The lowest BCUT2D eigenvalue weighted by Crippen LogP contribution is -1.94. The fraction of sp³-hybridized carbons (Fsp3) is 0. The van der Waals surface area contributed by atoms with E-state index in [-0.39, 0.29) is 0 Å². The van der Waals surface area contributed by atoms with E-state index in [0.29, 0.717) is 0 Å². The van der Waals surface area contributed by atoms with Crippen LogP contribution in [0.5, 0.6) is 0 Å². The Hall–Kier alpha value is -7.20. The number of para-hydroxylation sites is 1. The highest BCUT2D eigenvalue weighted by molar-refractivity contribution is 7.26. The van der Waals surface area contributed by atoms with Crippen LogP contribution in [0.2, 0.25) is 0 Å². The molecule has 0 fully saturated rings. The molecule has 0 aliphatic heterocycles. The summed E-state index contributed by atoms with van der Waals surface area (Å²) >= 11 is 1.88. The van der Waals surface area contributed by atoms with Crippen molar-refractivity contribution in [1.82, 2.24) is 4.57 Å². The number of furan rings is 1. The van der Waals surface area contributed by atoms with Crippen LogP contribution in [0.15, 0.2) is 192 Å². The van der Waals surface area contributed by atoms with E-state index in [1.807, 2.05) is 11.3 Å². The largest absolute Gasteiger partial charge is 0.456 e. The summed E-state index contributed by atoms with van der Waals surface area (Å²) in [6.45, 7) is 0. The summed E-state index contributed by atoms with van der Waals surface area (Å²) in [4.78, 5) is 0. The van der Waals surface area contributed by atoms with E-state index < -0.39 is 0 Å². The second kappa shape index (κ2) is 11.7. The molecule has 0 atom stereocenters. The topological polar surface area (TPSA) is 18.1 Å². The molecule has 13 aromatic rings. The van der Waals surface area contributed by atoms with Crippen LogP contribution in [0.3, 0.4) is 0 Å². The van der Waals surface area contributed by atoms with Crippen molar-refractivity contribution < 1.29 is 4.42 Å². The normalized spacial score (nSPS) is 12.2. The third-order valence-corrected chi connectivity index (χ3v) is 13.3. The SMILES string of the molecule is c1ccc2c(-c3ccc4oc5ccc(-c6ccc7c(c6)c6ccccc6n7-c6ccc7cc8c(ccc9sc%10ccccc%10c98)cc7c6)cc5c4c3)cccc2c1. The van der Waals surface area contributed by atoms with Gasteiger partial charge in [0.1, 0.15) is 11.2 Å². The molecule has 0 saturated heterocycles. The second-order valence-electron chi connectivity index (χ2n) is 15.3. The van der Waals surface area contributed by atoms with Gasteiger partial charge in [-0.15, -0.1) is 11.3 Å². The first-order valence-corrected chi connectivity index (χ1v) is 20.3. The van der Waals surface area contributed by atoms with Crippen LogP contribution in [0.1, 0.15) is 0 Å². The van der Waals surface area contributed by atoms with E-state index in [0.717, 1.165) is 27.6 Å². The minimum atomic E-state index is 0.902. The predicted octanol–water partition coefficient (Wildman–Crippen LogP) is 15.8. The maximum atomic E-state index is 6.39. The van der Waals surface area contributed by atoms with Crippen molar-refractivity contribution in [2.24, 2.45) is 0 Å². The molecule has 0 aliphatic rings. The molecule has 3 heteroatoms. The molecule has 0 radical (unpaired) electrons. The van der Waals surface area contributed by atoms with Gasteiger partial charge in [-0.2, -0.15) is 0 Å². The fourth-order valence-corrected chi connectivity index (χ4v) is 10.6. The van der Waals surface area contributed by atoms with E-state index in [9.17, 15) is 0 Å². The van der Waals surface area contributed by atoms with E-state index >= 15 is 0 Å². The number of aromatic nitrogens is 1. The Morgan fingerprint density at radius 2 is 1.04 bits per heavy atom. The number of hydrogen-bond acceptors (Lipinski definition) is 2. The Labute approximate surface area is 331 Å². The lowest BCUT2D eigenvalue weighted by atomic mass is 9.96. The predicted molar refractivity (Wildman–Crippen MR) is 244 cm³/mol. The van der Waals surface area contributed by atoms with Gasteiger partial charge < -0.3 is 8.98 Å². The molecule has 0 saturated carbocycles. The monoisotopic (exact) mass is 741 g/mol. The van der Waals surface area contributed by atoms with Crippen LogP contribution < -0.4 is 0 Å². The average Bonchev–Trinajstić information content (AvgIpc) is 3.94. The molecule has 0 N–H and O–H groups in total. The molecule has 3 heterocycles. The molecule has 2 nitrogen and oxygen atoms in total. The lowest BCUT2D eigenvalue weighted by molar-refractivity contribution is 0.669. The number of fused-ring (bicyclic) bond motifs is 13. The zero-order valence-corrected chi connectivity index (χ0v) is 31.5. The van der Waals surface area contributed by atoms with Crippen molar-refractivity contribution in [2.75, 3.05) is 0 Å². The molecular formula is C54H31NOS. The summed E-state index contributed by atoms with van der Waals surface area (Å²) in [7, 11) is 0. The van der Waals surface area contributed by atoms with Crippen LogP contribution in [-0.2, 0) is 0 Å². The van der Waals surface area contributed by atoms with Gasteiger partial charge >= 0.3 is 0 Å². The molecule has 13 rings (SSSR count). The second-order valence-corrected chi connectivity index (χ2v) is 16.4. The minimum absolute atomic E-state index is 0.902. The van der Waals surface area contributed by atoms with Crippen LogP contribution in [-0.4, -0.2) is 4.57 Å². The Morgan fingerprint density at radius 1 is 0.351 bits per heavy atom. The molecule has 3 aromatic heterocycles. The van der Waals surface area contributed by atoms with E-state index in [2.05, 4.69) is 193 Å². The number of hydrogen-bond donors (Lipinski definition) is 0. The quantitative estimate of drug-likeness (QED) is 0.165. The maximum absolute atomic E-state index is 6.39. The number of nitrogens with zero attached hydrogens (tertiary/aromatic N) is 1. The summed E-state index contributed by atoms with van der Waals surface area (Å²) in [6.07, 6.45) is 0. The summed E-state index contributed by atoms with van der Waals surface area (Å²) in [6, 6.07) is 69.1. The first-order valence-electron chi connectivity index (χ1n) is 19.5. The molecule has 10 aromatic carbocycles. The molecular weight excluding hydrogens is 711 g/mol. The zero-order valence-electron chi connectivity index (χ0n) is 30.7. The van der Waals surface area contributed by atoms with Gasteiger partial charge in [-0.25, -0.2) is 0 Å². The Kier molecular flexibility index (Phi) is 6.35. The molecule has 0 aliphatic carbocycles. The fourth-order valence-electron chi connectivity index (χ4n) is 9.45. The maximum Gasteiger partial charge on any atom is 0.135 e. The molecule has 0 unspecified atom stereocenters. The van der Waals surface area contributed by atoms with Crippen molar-refractivity contribution >= 4 is 108 Å². The van der Waals surface area contributed by atoms with Gasteiger partial charge in [-0.3, -0.25) is 0 Å². The number of rotatable bonds is 3. The van der Waals surface area contributed by atoms with Crippen molar-refractivity contribution in [3.8, 4) is 27.9 Å². The van der Waals surface area contributed by atoms with Crippen molar-refractivity contribution in [3.05, 3.63) is 188 Å². The van der Waals surface area contributed by atoms with Gasteiger partial charge in [0.25, 0.3) is 0 Å². The van der Waals surface area contributed by atoms with Gasteiger partial charge in [-0.1, -0.05) is 109 Å². The van der Waals surface area contributed by atoms with Crippen LogP contribution in [0.4, 0.5) is 0 Å². The Bertz CT molecular complexity index is 3820. The highest BCUT2D eigenvalue weighted by atomic mass is 32.1. The van der Waals surface area contributed by atoms with Crippen molar-refractivity contribution in [3.63, 3.8) is 0 Å². The zero-order chi connectivity index (χ0) is 37.2. The molecule has 0 spiro atoms. The van der Waals surface area contributed by atoms with E-state index in [1.165, 1.54) is 96.5 Å². The first-order chi connectivity index (χ1) is 28.2. The average molecular weight is 742 g/mol. The molecule has 264 valence electrons. The molecule has 57 heavy (non-hydrogen) atoms. The van der Waals surface area contributed by atoms with Gasteiger partial charge in [0.05, 0.1) is 11.0 Å². The van der Waals surface area contributed by atoms with Gasteiger partial charge in [-0.05, 0) is 133 Å². The van der Waals surface area contributed by atoms with Crippen LogP contribution in [0, 0.1) is 0 Å². The van der Waals surface area contributed by atoms with E-state index in [4.69, 9.17) is 4.42 Å². The highest BCUT2D eigenvalue weighted by Crippen LogP contribution is 2.42. The van der Waals surface area contributed by atoms with E-state index in [1.54, 1.807) is 0 Å². The molecule has 0 bridgehead atoms. The van der Waals surface area contributed by atoms with Crippen molar-refractivity contribution in [1.29, 1.82) is 0 Å². The lowest BCUT2D eigenvalue weighted by Gasteiger charge is -2.11. The number of thiophene rings is 1. The molecule has 0 amide bonds. The minimum Gasteiger partial charge on any atom is -0.456 e. The van der Waals surface area contributed by atoms with Gasteiger partial charge in [0.2, 0.25) is 0 Å². The number of benzene rings is 10. The summed E-state index contributed by atoms with van der Waals surface area (Å²) < 4.78 is 11.5. The third kappa shape index (κ3) is 4.58. The van der Waals surface area contributed by atoms with Gasteiger partial charge in [0.15, 0.2) is 0 Å². The van der Waals surface area contributed by atoms with Crippen molar-refractivity contribution in [2.45, 2.75) is 0 Å². The summed E-state index contributed by atoms with van der Waals surface area (Å²) in [5.74, 6) is 0. The first kappa shape index (κ1) is 31.1. The summed E-state index contributed by atoms with van der Waals surface area (Å²) in [5, 5.41) is 15.0. The standard InChI is InChI=1S/C54H31NOS/c1-2-10-40-32(8-1)9-7-13-41(40)37-19-24-51-47(31-37)46-30-34(18-23-50(46)56-51)33-17-22-49-45(29-33)42-11-3-5-14-48(42)55(49)39-21-16-35-28-44-36(26-38(35)27-39)20-25-53-54(44)43-12-4-6-15-52(43)57-53/h1-31H. The third-order valence-electron chi connectivity index (χ3n) is 12.1. The van der Waals surface area contributed by atoms with Gasteiger partial charge in [0, 0.05) is 47.4 Å². The summed E-state index contributed by atoms with van der Waals surface area (Å²) in [5.41, 5.74) is 10.1. The van der Waals surface area contributed by atoms with Crippen LogP contribution in [0.25, 0.3) is 124 Å². The van der Waals surface area contributed by atoms with Crippen LogP contribution >= 0.6 is 11.3 Å².